The van der Waals surface area contributed by atoms with Crippen LogP contribution in [0.1, 0.15) is 28.8 Å². The molecule has 3 aliphatic heterocycles. The fraction of sp³-hybridized carbons (Fsp3) is 0.300. The maximum absolute atomic E-state index is 12.9. The number of para-hydroxylation sites is 1. The SMILES string of the molecule is N#Cc1ccccc1NC(=O)c1csc2ncc(N3C[C@H]4CC[C@@H]3CN4)nc12. The van der Waals surface area contributed by atoms with Crippen molar-refractivity contribution < 1.29 is 4.79 Å². The van der Waals surface area contributed by atoms with Crippen LogP contribution in [0.3, 0.4) is 0 Å². The van der Waals surface area contributed by atoms with Gasteiger partial charge in [-0.15, -0.1) is 11.3 Å². The number of hydrogen-bond donors (Lipinski definition) is 2. The fourth-order valence-corrected chi connectivity index (χ4v) is 4.80. The van der Waals surface area contributed by atoms with Crippen LogP contribution in [0.25, 0.3) is 10.3 Å². The number of rotatable bonds is 3. The molecule has 7 nitrogen and oxygen atoms in total. The Morgan fingerprint density at radius 2 is 2.25 bits per heavy atom. The van der Waals surface area contributed by atoms with E-state index in [4.69, 9.17) is 4.98 Å². The van der Waals surface area contributed by atoms with Crippen LogP contribution in [0.15, 0.2) is 35.8 Å². The molecule has 3 aromatic rings. The Morgan fingerprint density at radius 3 is 3.00 bits per heavy atom. The van der Waals surface area contributed by atoms with Gasteiger partial charge in [0.05, 0.1) is 23.0 Å². The average Bonchev–Trinajstić information content (AvgIpc) is 3.18. The minimum absolute atomic E-state index is 0.276. The Labute approximate surface area is 166 Å². The summed E-state index contributed by atoms with van der Waals surface area (Å²) in [5.41, 5.74) is 2.03. The lowest BCUT2D eigenvalue weighted by Crippen LogP contribution is -2.61. The summed E-state index contributed by atoms with van der Waals surface area (Å²) in [6.07, 6.45) is 4.16. The molecule has 3 fully saturated rings. The zero-order chi connectivity index (χ0) is 19.1. The van der Waals surface area contributed by atoms with Crippen LogP contribution in [0.4, 0.5) is 11.5 Å². The predicted molar refractivity (Wildman–Crippen MR) is 109 cm³/mol. The highest BCUT2D eigenvalue weighted by Gasteiger charge is 2.34. The van der Waals surface area contributed by atoms with Crippen molar-refractivity contribution in [3.63, 3.8) is 0 Å². The Balaban J connectivity index is 1.47. The Morgan fingerprint density at radius 1 is 1.36 bits per heavy atom. The van der Waals surface area contributed by atoms with Crippen molar-refractivity contribution in [3.05, 3.63) is 47.0 Å². The van der Waals surface area contributed by atoms with Gasteiger partial charge in [0.1, 0.15) is 22.2 Å². The molecule has 3 saturated heterocycles. The molecule has 2 aromatic heterocycles. The van der Waals surface area contributed by atoms with E-state index in [0.717, 1.165) is 30.2 Å². The summed E-state index contributed by atoms with van der Waals surface area (Å²) in [4.78, 5) is 25.3. The highest BCUT2D eigenvalue weighted by atomic mass is 32.1. The van der Waals surface area contributed by atoms with Gasteiger partial charge in [0.2, 0.25) is 0 Å². The van der Waals surface area contributed by atoms with Gasteiger partial charge in [-0.1, -0.05) is 12.1 Å². The molecule has 2 N–H and O–H groups in total. The molecule has 0 radical (unpaired) electrons. The average molecular weight is 390 g/mol. The third-order valence-corrected chi connectivity index (χ3v) is 6.33. The van der Waals surface area contributed by atoms with Crippen LogP contribution < -0.4 is 15.5 Å². The number of anilines is 2. The molecule has 0 unspecified atom stereocenters. The van der Waals surface area contributed by atoms with Crippen molar-refractivity contribution in [2.24, 2.45) is 0 Å². The third-order valence-electron chi connectivity index (χ3n) is 5.45. The van der Waals surface area contributed by atoms with Gasteiger partial charge in [0.15, 0.2) is 0 Å². The number of fused-ring (bicyclic) bond motifs is 4. The van der Waals surface area contributed by atoms with Crippen LogP contribution in [0.5, 0.6) is 0 Å². The first-order chi connectivity index (χ1) is 13.7. The van der Waals surface area contributed by atoms with Crippen molar-refractivity contribution >= 4 is 39.1 Å². The van der Waals surface area contributed by atoms with Gasteiger partial charge in [-0.25, -0.2) is 9.97 Å². The van der Waals surface area contributed by atoms with E-state index in [1.165, 1.54) is 17.8 Å². The number of carbonyl (C=O) groups is 1. The Hall–Kier alpha value is -3.02. The number of amides is 1. The maximum atomic E-state index is 12.9. The topological polar surface area (TPSA) is 93.9 Å². The number of piperazine rings is 1. The van der Waals surface area contributed by atoms with Crippen LogP contribution in [-0.4, -0.2) is 41.0 Å². The number of carbonyl (C=O) groups excluding carboxylic acids is 1. The quantitative estimate of drug-likeness (QED) is 0.714. The molecule has 0 aliphatic carbocycles. The molecule has 1 aromatic carbocycles. The molecule has 0 spiro atoms. The molecule has 2 bridgehead atoms. The van der Waals surface area contributed by atoms with E-state index in [-0.39, 0.29) is 5.91 Å². The molecule has 140 valence electrons. The molecule has 2 atom stereocenters. The third kappa shape index (κ3) is 2.89. The van der Waals surface area contributed by atoms with E-state index in [1.807, 2.05) is 6.20 Å². The highest BCUT2D eigenvalue weighted by molar-refractivity contribution is 7.17. The van der Waals surface area contributed by atoms with Crippen LogP contribution >= 0.6 is 11.3 Å². The highest BCUT2D eigenvalue weighted by Crippen LogP contribution is 2.30. The van der Waals surface area contributed by atoms with Crippen molar-refractivity contribution in [1.29, 1.82) is 5.26 Å². The van der Waals surface area contributed by atoms with Gasteiger partial charge in [0.25, 0.3) is 5.91 Å². The first-order valence-electron chi connectivity index (χ1n) is 9.27. The minimum atomic E-state index is -0.276. The maximum Gasteiger partial charge on any atom is 0.258 e. The van der Waals surface area contributed by atoms with E-state index in [2.05, 4.69) is 26.6 Å². The molecule has 5 heterocycles. The smallest absolute Gasteiger partial charge is 0.258 e. The van der Waals surface area contributed by atoms with Crippen LogP contribution in [-0.2, 0) is 0 Å². The van der Waals surface area contributed by atoms with E-state index in [0.29, 0.717) is 34.4 Å². The second kappa shape index (κ2) is 6.86. The van der Waals surface area contributed by atoms with Crippen LogP contribution in [0.2, 0.25) is 0 Å². The summed E-state index contributed by atoms with van der Waals surface area (Å²) in [7, 11) is 0. The number of piperidine rings is 2. The summed E-state index contributed by atoms with van der Waals surface area (Å²) in [5.74, 6) is 0.552. The van der Waals surface area contributed by atoms with Crippen molar-refractivity contribution in [2.75, 3.05) is 23.3 Å². The molecule has 0 saturated carbocycles. The zero-order valence-electron chi connectivity index (χ0n) is 15.1. The summed E-state index contributed by atoms with van der Waals surface area (Å²) < 4.78 is 0. The standard InChI is InChI=1S/C20H18N6OS/c21-7-12-3-1-2-4-16(12)24-19(27)15-11-28-20-18(15)25-17(9-23-20)26-10-13-5-6-14(26)8-22-13/h1-4,9,11,13-14,22H,5-6,8,10H2,(H,24,27)/t13-,14-/m1/s1. The first-order valence-corrected chi connectivity index (χ1v) is 10.2. The van der Waals surface area contributed by atoms with Crippen molar-refractivity contribution in [2.45, 2.75) is 24.9 Å². The molecular formula is C20H18N6OS. The summed E-state index contributed by atoms with van der Waals surface area (Å²) in [5, 5.41) is 17.4. The monoisotopic (exact) mass is 390 g/mol. The molecule has 1 amide bonds. The van der Waals surface area contributed by atoms with E-state index in [9.17, 15) is 10.1 Å². The van der Waals surface area contributed by atoms with Gasteiger partial charge in [-0.05, 0) is 25.0 Å². The first kappa shape index (κ1) is 17.1. The number of nitrogens with zero attached hydrogens (tertiary/aromatic N) is 4. The largest absolute Gasteiger partial charge is 0.349 e. The van der Waals surface area contributed by atoms with E-state index in [1.54, 1.807) is 29.6 Å². The normalized spacial score (nSPS) is 20.9. The lowest BCUT2D eigenvalue weighted by atomic mass is 9.93. The fourth-order valence-electron chi connectivity index (χ4n) is 3.97. The second-order valence-corrected chi connectivity index (χ2v) is 7.99. The minimum Gasteiger partial charge on any atom is -0.349 e. The second-order valence-electron chi connectivity index (χ2n) is 7.13. The van der Waals surface area contributed by atoms with Crippen molar-refractivity contribution in [3.8, 4) is 6.07 Å². The molecule has 3 aliphatic rings. The number of aromatic nitrogens is 2. The lowest BCUT2D eigenvalue weighted by molar-refractivity contribution is 0.102. The molecule has 8 heteroatoms. The van der Waals surface area contributed by atoms with Gasteiger partial charge in [-0.2, -0.15) is 5.26 Å². The van der Waals surface area contributed by atoms with Gasteiger partial charge < -0.3 is 15.5 Å². The molecular weight excluding hydrogens is 372 g/mol. The summed E-state index contributed by atoms with van der Waals surface area (Å²) >= 11 is 1.40. The predicted octanol–water partition coefficient (Wildman–Crippen LogP) is 2.76. The zero-order valence-corrected chi connectivity index (χ0v) is 15.9. The number of nitrogens with one attached hydrogen (secondary N) is 2. The summed E-state index contributed by atoms with van der Waals surface area (Å²) in [6.45, 7) is 1.89. The lowest BCUT2D eigenvalue weighted by Gasteiger charge is -2.46. The van der Waals surface area contributed by atoms with Gasteiger partial charge in [0, 0.05) is 30.6 Å². The van der Waals surface area contributed by atoms with E-state index >= 15 is 0 Å². The Kier molecular flexibility index (Phi) is 4.19. The molecule has 28 heavy (non-hydrogen) atoms. The number of nitriles is 1. The van der Waals surface area contributed by atoms with Crippen molar-refractivity contribution in [1.82, 2.24) is 15.3 Å². The van der Waals surface area contributed by atoms with Gasteiger partial charge >= 0.3 is 0 Å². The van der Waals surface area contributed by atoms with E-state index < -0.39 is 0 Å². The van der Waals surface area contributed by atoms with Crippen LogP contribution in [0, 0.1) is 11.3 Å². The number of hydrogen-bond acceptors (Lipinski definition) is 7. The summed E-state index contributed by atoms with van der Waals surface area (Å²) in [6, 6.07) is 9.98. The van der Waals surface area contributed by atoms with Gasteiger partial charge in [-0.3, -0.25) is 4.79 Å². The molecule has 6 rings (SSSR count). The Bertz CT molecular complexity index is 1100. The number of thiophene rings is 1. The number of benzene rings is 1.